The van der Waals surface area contributed by atoms with Crippen LogP contribution in [0.2, 0.25) is 5.02 Å². The third-order valence-corrected chi connectivity index (χ3v) is 9.57. The number of benzene rings is 2. The zero-order chi connectivity index (χ0) is 34.0. The zero-order valence-corrected chi connectivity index (χ0v) is 28.5. The molecule has 1 aromatic heterocycles. The van der Waals surface area contributed by atoms with Gasteiger partial charge in [0, 0.05) is 69.5 Å². The van der Waals surface area contributed by atoms with Crippen LogP contribution >= 0.6 is 11.6 Å². The minimum absolute atomic E-state index is 0.0443. The van der Waals surface area contributed by atoms with Crippen molar-refractivity contribution in [1.82, 2.24) is 30.2 Å². The van der Waals surface area contributed by atoms with Crippen LogP contribution in [0.3, 0.4) is 0 Å². The lowest BCUT2D eigenvalue weighted by atomic mass is 9.83. The van der Waals surface area contributed by atoms with Gasteiger partial charge in [-0.1, -0.05) is 62.1 Å². The third-order valence-electron chi connectivity index (χ3n) is 9.34. The summed E-state index contributed by atoms with van der Waals surface area (Å²) in [6.45, 7) is 5.13. The van der Waals surface area contributed by atoms with Gasteiger partial charge in [-0.3, -0.25) is 28.8 Å². The maximum atomic E-state index is 13.7. The fourth-order valence-electron chi connectivity index (χ4n) is 6.59. The number of nitrogens with one attached hydrogen (secondary N) is 3. The predicted molar refractivity (Wildman–Crippen MR) is 185 cm³/mol. The molecule has 4 amide bonds. The topological polar surface area (TPSA) is 129 Å². The molecule has 3 N–H and O–H groups in total. The van der Waals surface area contributed by atoms with Crippen LogP contribution in [0.4, 0.5) is 5.69 Å². The average molecular weight is 676 g/mol. The predicted octanol–water partition coefficient (Wildman–Crippen LogP) is 4.17. The van der Waals surface area contributed by atoms with Crippen molar-refractivity contribution in [2.45, 2.75) is 70.5 Å². The number of nitrogens with zero attached hydrogens (tertiary/aromatic N) is 4. The fraction of sp³-hybridized carbons (Fsp3) is 0.472. The molecular weight excluding hydrogens is 630 g/mol. The van der Waals surface area contributed by atoms with Crippen molar-refractivity contribution in [3.8, 4) is 0 Å². The number of piperazine rings is 1. The first-order chi connectivity index (χ1) is 23.2. The van der Waals surface area contributed by atoms with E-state index in [4.69, 9.17) is 11.6 Å². The molecule has 11 nitrogen and oxygen atoms in total. The molecule has 2 aliphatic rings. The molecule has 0 bridgehead atoms. The van der Waals surface area contributed by atoms with Crippen LogP contribution in [0.25, 0.3) is 0 Å². The summed E-state index contributed by atoms with van der Waals surface area (Å²) in [6, 6.07) is 15.4. The number of carbonyl (C=O) groups is 4. The van der Waals surface area contributed by atoms with Crippen molar-refractivity contribution in [2.75, 3.05) is 31.5 Å². The Morgan fingerprint density at radius 3 is 2.29 bits per heavy atom. The van der Waals surface area contributed by atoms with Crippen LogP contribution in [0.15, 0.2) is 60.8 Å². The Labute approximate surface area is 287 Å². The first-order valence-electron chi connectivity index (χ1n) is 16.9. The smallest absolute Gasteiger partial charge is 0.270 e. The molecular formula is C36H46ClN7O4. The summed E-state index contributed by atoms with van der Waals surface area (Å²) in [6.07, 6.45) is 7.09. The van der Waals surface area contributed by atoms with Gasteiger partial charge in [-0.05, 0) is 60.2 Å². The molecule has 12 heteroatoms. The Kier molecular flexibility index (Phi) is 12.2. The molecule has 0 spiro atoms. The molecule has 0 radical (unpaired) electrons. The van der Waals surface area contributed by atoms with Crippen LogP contribution in [0, 0.1) is 5.92 Å². The summed E-state index contributed by atoms with van der Waals surface area (Å²) in [4.78, 5) is 56.8. The second kappa shape index (κ2) is 16.7. The summed E-state index contributed by atoms with van der Waals surface area (Å²) in [5, 5.41) is 13.7. The number of hydrogen-bond donors (Lipinski definition) is 3. The van der Waals surface area contributed by atoms with E-state index in [1.54, 1.807) is 38.4 Å². The van der Waals surface area contributed by atoms with E-state index in [0.29, 0.717) is 35.9 Å². The first kappa shape index (κ1) is 35.1. The van der Waals surface area contributed by atoms with Gasteiger partial charge in [-0.15, -0.1) is 0 Å². The van der Waals surface area contributed by atoms with Gasteiger partial charge in [-0.2, -0.15) is 5.10 Å². The zero-order valence-electron chi connectivity index (χ0n) is 27.8. The van der Waals surface area contributed by atoms with Crippen molar-refractivity contribution in [2.24, 2.45) is 13.0 Å². The summed E-state index contributed by atoms with van der Waals surface area (Å²) >= 11 is 6.15. The fourth-order valence-corrected chi connectivity index (χ4v) is 6.81. The monoisotopic (exact) mass is 675 g/mol. The van der Waals surface area contributed by atoms with Crippen molar-refractivity contribution in [1.29, 1.82) is 0 Å². The number of aromatic nitrogens is 2. The second-order valence-corrected chi connectivity index (χ2v) is 13.2. The number of aryl methyl sites for hydroxylation is 1. The van der Waals surface area contributed by atoms with Gasteiger partial charge in [0.15, 0.2) is 0 Å². The van der Waals surface area contributed by atoms with Gasteiger partial charge in [0.05, 0.1) is 0 Å². The quantitative estimate of drug-likeness (QED) is 0.264. The highest BCUT2D eigenvalue weighted by molar-refractivity contribution is 6.30. The number of hydrogen-bond acceptors (Lipinski definition) is 6. The second-order valence-electron chi connectivity index (χ2n) is 12.8. The molecule has 2 atom stereocenters. The third kappa shape index (κ3) is 9.44. The first-order valence-corrected chi connectivity index (χ1v) is 17.3. The Morgan fingerprint density at radius 2 is 1.65 bits per heavy atom. The lowest BCUT2D eigenvalue weighted by Crippen LogP contribution is -2.55. The Balaban J connectivity index is 1.20. The van der Waals surface area contributed by atoms with Crippen LogP contribution in [0.5, 0.6) is 0 Å². The van der Waals surface area contributed by atoms with E-state index in [-0.39, 0.29) is 36.0 Å². The number of rotatable bonds is 12. The molecule has 2 fully saturated rings. The molecule has 1 saturated carbocycles. The number of carbonyl (C=O) groups excluding carboxylic acids is 4. The normalized spacial score (nSPS) is 16.9. The van der Waals surface area contributed by atoms with E-state index >= 15 is 0 Å². The minimum atomic E-state index is -0.699. The molecule has 3 aromatic rings. The molecule has 2 heterocycles. The largest absolute Gasteiger partial charge is 0.344 e. The molecule has 256 valence electrons. The Morgan fingerprint density at radius 1 is 0.917 bits per heavy atom. The highest BCUT2D eigenvalue weighted by atomic mass is 35.5. The van der Waals surface area contributed by atoms with Crippen LogP contribution in [-0.4, -0.2) is 81.5 Å². The molecule has 1 aliphatic carbocycles. The van der Waals surface area contributed by atoms with Gasteiger partial charge < -0.3 is 20.9 Å². The number of anilines is 1. The highest BCUT2D eigenvalue weighted by Crippen LogP contribution is 2.28. The van der Waals surface area contributed by atoms with Crippen LogP contribution in [-0.2, 0) is 34.4 Å². The van der Waals surface area contributed by atoms with Crippen molar-refractivity contribution < 1.29 is 19.2 Å². The van der Waals surface area contributed by atoms with Gasteiger partial charge in [0.1, 0.15) is 17.8 Å². The summed E-state index contributed by atoms with van der Waals surface area (Å²) < 4.78 is 1.49. The maximum Gasteiger partial charge on any atom is 0.270 e. The average Bonchev–Trinajstić information content (AvgIpc) is 3.53. The van der Waals surface area contributed by atoms with Gasteiger partial charge in [0.25, 0.3) is 5.91 Å². The van der Waals surface area contributed by atoms with E-state index in [1.165, 1.54) is 4.68 Å². The van der Waals surface area contributed by atoms with Crippen LogP contribution < -0.4 is 16.0 Å². The van der Waals surface area contributed by atoms with Crippen LogP contribution in [0.1, 0.15) is 67.1 Å². The molecule has 48 heavy (non-hydrogen) atoms. The summed E-state index contributed by atoms with van der Waals surface area (Å²) in [7, 11) is 1.70. The Hall–Kier alpha value is -4.22. The summed E-state index contributed by atoms with van der Waals surface area (Å²) in [5.74, 6) is -0.830. The summed E-state index contributed by atoms with van der Waals surface area (Å²) in [5.41, 5.74) is 2.98. The lowest BCUT2D eigenvalue weighted by Gasteiger charge is -2.36. The molecule has 1 saturated heterocycles. The number of amides is 4. The lowest BCUT2D eigenvalue weighted by molar-refractivity contribution is -0.138. The molecule has 2 aromatic carbocycles. The standard InChI is InChI=1S/C36H46ClN7O4/c1-3-32(45)40-30(36(48)44-20-18-43(19-21-44)24-26-8-7-11-28(37)22-26)23-25-12-14-29(15-13-25)39-35(47)33(27-9-5-4-6-10-27)41-34(46)31-16-17-38-42(31)2/h7-8,11-17,22,27,30,33H,3-6,9-10,18-21,23-24H2,1-2H3,(H,39,47)(H,40,45)(H,41,46). The van der Waals surface area contributed by atoms with Crippen molar-refractivity contribution in [3.05, 3.63) is 82.6 Å². The number of halogens is 1. The SMILES string of the molecule is CCC(=O)NC(Cc1ccc(NC(=O)C(NC(=O)c2ccnn2C)C2CCCCC2)cc1)C(=O)N1CCN(Cc2cccc(Cl)c2)CC1. The van der Waals surface area contributed by atoms with E-state index in [0.717, 1.165) is 62.9 Å². The molecule has 2 unspecified atom stereocenters. The van der Waals surface area contributed by atoms with Gasteiger partial charge in [0.2, 0.25) is 17.7 Å². The Bertz CT molecular complexity index is 1560. The van der Waals surface area contributed by atoms with Gasteiger partial charge in [-0.25, -0.2) is 0 Å². The van der Waals surface area contributed by atoms with Crippen molar-refractivity contribution >= 4 is 40.9 Å². The van der Waals surface area contributed by atoms with Gasteiger partial charge >= 0.3 is 0 Å². The van der Waals surface area contributed by atoms with E-state index in [2.05, 4.69) is 25.9 Å². The van der Waals surface area contributed by atoms with Crippen molar-refractivity contribution in [3.63, 3.8) is 0 Å². The maximum absolute atomic E-state index is 13.7. The minimum Gasteiger partial charge on any atom is -0.344 e. The van der Waals surface area contributed by atoms with E-state index < -0.39 is 12.1 Å². The van der Waals surface area contributed by atoms with E-state index in [9.17, 15) is 19.2 Å². The molecule has 1 aliphatic heterocycles. The highest BCUT2D eigenvalue weighted by Gasteiger charge is 2.32. The molecule has 5 rings (SSSR count). The van der Waals surface area contributed by atoms with E-state index in [1.807, 2.05) is 41.3 Å².